The highest BCUT2D eigenvalue weighted by atomic mass is 127. The van der Waals surface area contributed by atoms with E-state index in [0.29, 0.717) is 45.0 Å². The van der Waals surface area contributed by atoms with Crippen LogP contribution in [0.4, 0.5) is 4.79 Å². The molecule has 1 atom stereocenters. The number of benzene rings is 3. The van der Waals surface area contributed by atoms with Crippen LogP contribution in [-0.4, -0.2) is 51.1 Å². The number of carbonyl (C=O) groups excluding carboxylic acids is 3. The molecule has 0 radical (unpaired) electrons. The fourth-order valence-electron chi connectivity index (χ4n) is 4.61. The Morgan fingerprint density at radius 1 is 1.00 bits per heavy atom. The van der Waals surface area contributed by atoms with Gasteiger partial charge in [-0.1, -0.05) is 35.3 Å². The third-order valence-corrected chi connectivity index (χ3v) is 8.15. The Balaban J connectivity index is 1.39. The summed E-state index contributed by atoms with van der Waals surface area (Å²) in [6.07, 6.45) is 1.47. The highest BCUT2D eigenvalue weighted by Crippen LogP contribution is 2.36. The van der Waals surface area contributed by atoms with Crippen LogP contribution in [0.25, 0.3) is 0 Å². The van der Waals surface area contributed by atoms with Gasteiger partial charge in [-0.05, 0) is 90.9 Å². The second-order valence-electron chi connectivity index (χ2n) is 10.1. The van der Waals surface area contributed by atoms with Crippen LogP contribution in [0.3, 0.4) is 0 Å². The SMILES string of the molecule is CCOC(=O)C1=C(C)NC(=O)N[C@H]1c1ccc(OCC(=O)N/N=C\c2cc(I)c(OCc3ccc(Cl)cc3Cl)c(OCC)c2)c(OC)c1. The zero-order valence-electron chi connectivity index (χ0n) is 26.4. The number of ether oxygens (including phenoxy) is 5. The summed E-state index contributed by atoms with van der Waals surface area (Å²) in [6.45, 7) is 5.60. The molecular formula is C33H33Cl2IN4O8. The Morgan fingerprint density at radius 3 is 2.50 bits per heavy atom. The number of carbonyl (C=O) groups is 3. The molecule has 0 aromatic heterocycles. The van der Waals surface area contributed by atoms with E-state index in [1.807, 2.05) is 13.0 Å². The number of hydrazone groups is 1. The van der Waals surface area contributed by atoms with Gasteiger partial charge in [0.1, 0.15) is 6.61 Å². The molecule has 0 aliphatic carbocycles. The summed E-state index contributed by atoms with van der Waals surface area (Å²) in [5.74, 6) is 0.526. The second-order valence-corrected chi connectivity index (χ2v) is 12.1. The van der Waals surface area contributed by atoms with E-state index in [1.54, 1.807) is 56.3 Å². The number of urea groups is 1. The third-order valence-electron chi connectivity index (χ3n) is 6.77. The number of hydrogen-bond acceptors (Lipinski definition) is 9. The van der Waals surface area contributed by atoms with Crippen LogP contribution in [0.5, 0.6) is 23.0 Å². The van der Waals surface area contributed by atoms with Crippen LogP contribution in [0, 0.1) is 3.57 Å². The van der Waals surface area contributed by atoms with E-state index in [9.17, 15) is 14.4 Å². The van der Waals surface area contributed by atoms with Crippen molar-refractivity contribution >= 4 is 69.9 Å². The van der Waals surface area contributed by atoms with E-state index in [2.05, 4.69) is 43.8 Å². The standard InChI is InChI=1S/C33H33Cl2IN4O8/c1-5-45-27-12-19(11-24(36)31(27)48-16-21-7-9-22(34)14-23(21)35)15-37-40-28(41)17-47-25-10-8-20(13-26(25)44-4)30-29(32(42)46-6-2)18(3)38-33(43)39-30/h7-15,30H,5-6,16-17H2,1-4H3,(H,40,41)(H2,38,39,43)/b37-15-/t30-/m0/s1. The van der Waals surface area contributed by atoms with Crippen molar-refractivity contribution in [2.45, 2.75) is 33.4 Å². The number of hydrogen-bond donors (Lipinski definition) is 3. The topological polar surface area (TPSA) is 146 Å². The average molecular weight is 811 g/mol. The Hall–Kier alpha value is -4.21. The van der Waals surface area contributed by atoms with Gasteiger partial charge >= 0.3 is 12.0 Å². The molecule has 1 aliphatic rings. The molecule has 12 nitrogen and oxygen atoms in total. The van der Waals surface area contributed by atoms with Crippen molar-refractivity contribution in [1.82, 2.24) is 16.1 Å². The lowest BCUT2D eigenvalue weighted by molar-refractivity contribution is -0.139. The monoisotopic (exact) mass is 810 g/mol. The molecule has 0 spiro atoms. The van der Waals surface area contributed by atoms with Crippen molar-refractivity contribution in [1.29, 1.82) is 0 Å². The van der Waals surface area contributed by atoms with Gasteiger partial charge in [0.15, 0.2) is 29.6 Å². The molecule has 1 aliphatic heterocycles. The summed E-state index contributed by atoms with van der Waals surface area (Å²) in [5.41, 5.74) is 5.07. The van der Waals surface area contributed by atoms with Gasteiger partial charge in [-0.3, -0.25) is 4.79 Å². The summed E-state index contributed by atoms with van der Waals surface area (Å²) in [5, 5.41) is 10.4. The first kappa shape index (κ1) is 36.6. The van der Waals surface area contributed by atoms with Gasteiger partial charge in [0.25, 0.3) is 5.91 Å². The molecule has 0 saturated heterocycles. The van der Waals surface area contributed by atoms with Gasteiger partial charge in [0.2, 0.25) is 0 Å². The molecule has 0 bridgehead atoms. The zero-order chi connectivity index (χ0) is 34.8. The summed E-state index contributed by atoms with van der Waals surface area (Å²) in [6, 6.07) is 12.4. The Morgan fingerprint density at radius 2 is 1.79 bits per heavy atom. The molecule has 3 N–H and O–H groups in total. The van der Waals surface area contributed by atoms with Crippen LogP contribution in [0.2, 0.25) is 10.0 Å². The van der Waals surface area contributed by atoms with E-state index in [0.717, 1.165) is 9.13 Å². The van der Waals surface area contributed by atoms with Crippen molar-refractivity contribution in [3.8, 4) is 23.0 Å². The summed E-state index contributed by atoms with van der Waals surface area (Å²) >= 11 is 14.4. The average Bonchev–Trinajstić information content (AvgIpc) is 3.04. The number of halogens is 3. The number of methoxy groups -OCH3 is 1. The fraction of sp³-hybridized carbons (Fsp3) is 0.273. The van der Waals surface area contributed by atoms with Gasteiger partial charge in [-0.2, -0.15) is 5.10 Å². The summed E-state index contributed by atoms with van der Waals surface area (Å²) < 4.78 is 29.0. The van der Waals surface area contributed by atoms with Gasteiger partial charge in [-0.15, -0.1) is 0 Å². The van der Waals surface area contributed by atoms with E-state index < -0.39 is 23.9 Å². The lowest BCUT2D eigenvalue weighted by Gasteiger charge is -2.28. The Kier molecular flexibility index (Phi) is 13.2. The van der Waals surface area contributed by atoms with Crippen LogP contribution < -0.4 is 35.0 Å². The second kappa shape index (κ2) is 17.3. The maximum absolute atomic E-state index is 12.6. The lowest BCUT2D eigenvalue weighted by Crippen LogP contribution is -2.45. The minimum Gasteiger partial charge on any atom is -0.493 e. The van der Waals surface area contributed by atoms with Gasteiger partial charge in [0, 0.05) is 21.3 Å². The molecule has 15 heteroatoms. The van der Waals surface area contributed by atoms with Crippen LogP contribution in [0.15, 0.2) is 64.9 Å². The van der Waals surface area contributed by atoms with Crippen molar-refractivity contribution in [2.75, 3.05) is 26.9 Å². The molecule has 48 heavy (non-hydrogen) atoms. The molecule has 1 heterocycles. The summed E-state index contributed by atoms with van der Waals surface area (Å²) in [4.78, 5) is 37.4. The van der Waals surface area contributed by atoms with Crippen molar-refractivity contribution < 1.29 is 38.1 Å². The van der Waals surface area contributed by atoms with Crippen LogP contribution in [-0.2, 0) is 20.9 Å². The quantitative estimate of drug-likeness (QED) is 0.0745. The molecule has 4 rings (SSSR count). The maximum Gasteiger partial charge on any atom is 0.338 e. The van der Waals surface area contributed by atoms with Gasteiger partial charge in [0.05, 0.1) is 41.7 Å². The molecule has 0 saturated carbocycles. The highest BCUT2D eigenvalue weighted by molar-refractivity contribution is 14.1. The zero-order valence-corrected chi connectivity index (χ0v) is 30.1. The molecule has 3 amide bonds. The minimum absolute atomic E-state index is 0.176. The first-order valence-corrected chi connectivity index (χ1v) is 16.5. The highest BCUT2D eigenvalue weighted by Gasteiger charge is 2.32. The first-order valence-electron chi connectivity index (χ1n) is 14.7. The number of allylic oxidation sites excluding steroid dienone is 1. The van der Waals surface area contributed by atoms with E-state index in [-0.39, 0.29) is 36.9 Å². The van der Waals surface area contributed by atoms with Crippen molar-refractivity contribution in [3.05, 3.63) is 90.1 Å². The molecule has 3 aromatic carbocycles. The first-order chi connectivity index (χ1) is 23.0. The number of nitrogens with one attached hydrogen (secondary N) is 3. The van der Waals surface area contributed by atoms with Crippen LogP contribution >= 0.6 is 45.8 Å². The number of rotatable bonds is 14. The predicted octanol–water partition coefficient (Wildman–Crippen LogP) is 6.30. The minimum atomic E-state index is -0.785. The van der Waals surface area contributed by atoms with Gasteiger partial charge < -0.3 is 34.3 Å². The molecule has 0 unspecified atom stereocenters. The molecule has 254 valence electrons. The Labute approximate surface area is 301 Å². The predicted molar refractivity (Wildman–Crippen MR) is 189 cm³/mol. The Bertz CT molecular complexity index is 1750. The fourth-order valence-corrected chi connectivity index (χ4v) is 5.86. The normalized spacial score (nSPS) is 14.2. The molecule has 0 fully saturated rings. The lowest BCUT2D eigenvalue weighted by atomic mass is 9.95. The van der Waals surface area contributed by atoms with E-state index >= 15 is 0 Å². The van der Waals surface area contributed by atoms with Crippen molar-refractivity contribution in [3.63, 3.8) is 0 Å². The smallest absolute Gasteiger partial charge is 0.338 e. The van der Waals surface area contributed by atoms with Gasteiger partial charge in [-0.25, -0.2) is 15.0 Å². The largest absolute Gasteiger partial charge is 0.493 e. The van der Waals surface area contributed by atoms with Crippen molar-refractivity contribution in [2.24, 2.45) is 5.10 Å². The number of amides is 3. The maximum atomic E-state index is 12.6. The molecule has 3 aromatic rings. The van der Waals surface area contributed by atoms with Crippen LogP contribution in [0.1, 0.15) is 43.5 Å². The summed E-state index contributed by atoms with van der Waals surface area (Å²) in [7, 11) is 1.44. The van der Waals surface area contributed by atoms with E-state index in [4.69, 9.17) is 46.9 Å². The van der Waals surface area contributed by atoms with E-state index in [1.165, 1.54) is 13.3 Å². The molecular weight excluding hydrogens is 778 g/mol. The number of nitrogens with zero attached hydrogens (tertiary/aromatic N) is 1. The number of esters is 1. The third kappa shape index (κ3) is 9.45.